The summed E-state index contributed by atoms with van der Waals surface area (Å²) < 4.78 is 0. The molecule has 2 aromatic heterocycles. The summed E-state index contributed by atoms with van der Waals surface area (Å²) in [5.41, 5.74) is -1.65. The summed E-state index contributed by atoms with van der Waals surface area (Å²) in [7, 11) is 0. The van der Waals surface area contributed by atoms with E-state index in [4.69, 9.17) is 10.2 Å². The van der Waals surface area contributed by atoms with Crippen LogP contribution in [0.3, 0.4) is 0 Å². The van der Waals surface area contributed by atoms with Gasteiger partial charge >= 0.3 is 23.3 Å². The number of rotatable bonds is 3. The molecule has 0 amide bonds. The van der Waals surface area contributed by atoms with Crippen LogP contribution in [0.25, 0.3) is 11.2 Å². The van der Waals surface area contributed by atoms with E-state index in [1.165, 1.54) is 6.92 Å². The zero-order valence-electron chi connectivity index (χ0n) is 10.7. The molecule has 0 spiro atoms. The van der Waals surface area contributed by atoms with E-state index in [9.17, 15) is 24.0 Å². The van der Waals surface area contributed by atoms with Gasteiger partial charge < -0.3 is 10.2 Å². The Labute approximate surface area is 114 Å². The highest BCUT2D eigenvalue weighted by Gasteiger charge is 2.22. The predicted molar refractivity (Wildman–Crippen MR) is 69.2 cm³/mol. The van der Waals surface area contributed by atoms with E-state index >= 15 is 0 Å². The number of hydrogen-bond donors (Lipinski definition) is 6. The van der Waals surface area contributed by atoms with Crippen molar-refractivity contribution < 1.29 is 19.8 Å². The summed E-state index contributed by atoms with van der Waals surface area (Å²) in [5, 5.41) is 16.3. The quantitative estimate of drug-likeness (QED) is 0.368. The first-order valence-electron chi connectivity index (χ1n) is 5.66. The lowest BCUT2D eigenvalue weighted by molar-refractivity contribution is -0.154. The lowest BCUT2D eigenvalue weighted by Crippen LogP contribution is -2.21. The molecule has 2 heterocycles. The summed E-state index contributed by atoms with van der Waals surface area (Å²) in [5.74, 6) is -3.79. The maximum absolute atomic E-state index is 10.9. The molecule has 0 saturated carbocycles. The molecule has 0 unspecified atom stereocenters. The fourth-order valence-electron chi connectivity index (χ4n) is 1.41. The number of fused-ring (bicyclic) bond motifs is 1. The first kappa shape index (κ1) is 15.9. The van der Waals surface area contributed by atoms with Crippen LogP contribution < -0.4 is 16.9 Å². The van der Waals surface area contributed by atoms with Crippen molar-refractivity contribution in [2.45, 2.75) is 13.3 Å². The molecule has 0 radical (unpaired) electrons. The van der Waals surface area contributed by atoms with Gasteiger partial charge in [0.2, 0.25) is 0 Å². The van der Waals surface area contributed by atoms with Crippen LogP contribution in [0.15, 0.2) is 14.4 Å². The van der Waals surface area contributed by atoms with Crippen molar-refractivity contribution >= 4 is 23.1 Å². The maximum Gasteiger partial charge on any atom is 0.327 e. The van der Waals surface area contributed by atoms with Crippen molar-refractivity contribution in [3.8, 4) is 0 Å². The van der Waals surface area contributed by atoms with Crippen LogP contribution >= 0.6 is 0 Å². The number of aromatic nitrogens is 4. The third kappa shape index (κ3) is 3.92. The van der Waals surface area contributed by atoms with Gasteiger partial charge in [0.25, 0.3) is 5.56 Å². The zero-order valence-corrected chi connectivity index (χ0v) is 10.7. The summed E-state index contributed by atoms with van der Waals surface area (Å²) in [4.78, 5) is 61.0. The van der Waals surface area contributed by atoms with Gasteiger partial charge in [0.1, 0.15) is 11.2 Å². The average molecular weight is 300 g/mol. The number of aromatic amines is 4. The molecule has 0 bridgehead atoms. The van der Waals surface area contributed by atoms with Crippen molar-refractivity contribution in [2.75, 3.05) is 0 Å². The Kier molecular flexibility index (Phi) is 4.83. The first-order chi connectivity index (χ1) is 9.76. The molecule has 0 aliphatic heterocycles. The van der Waals surface area contributed by atoms with E-state index in [0.717, 1.165) is 0 Å². The van der Waals surface area contributed by atoms with Gasteiger partial charge in [-0.15, -0.1) is 0 Å². The molecule has 2 rings (SSSR count). The first-order valence-corrected chi connectivity index (χ1v) is 5.66. The molecular formula is C10H12N4O7. The van der Waals surface area contributed by atoms with Gasteiger partial charge in [-0.2, -0.15) is 0 Å². The Balaban J connectivity index is 0.000000222. The van der Waals surface area contributed by atoms with Crippen LogP contribution in [-0.2, 0) is 9.59 Å². The SMILES string of the molecule is CCC(C(=O)O)C(=O)O.O=c1[nH]c(=O)c2[nH]c(=O)[nH]c2[nH]1. The number of imidazole rings is 1. The smallest absolute Gasteiger partial charge is 0.327 e. The number of carboxylic acid groups (broad SMARTS) is 2. The molecule has 6 N–H and O–H groups in total. The van der Waals surface area contributed by atoms with Gasteiger partial charge in [-0.25, -0.2) is 9.59 Å². The molecule has 2 aromatic rings. The third-order valence-corrected chi connectivity index (χ3v) is 2.42. The van der Waals surface area contributed by atoms with Crippen LogP contribution in [0.1, 0.15) is 13.3 Å². The predicted octanol–water partition coefficient (Wildman–Crippen LogP) is -1.59. The summed E-state index contributed by atoms with van der Waals surface area (Å²) in [6.07, 6.45) is 0.130. The Hall–Kier alpha value is -3.11. The van der Waals surface area contributed by atoms with Crippen molar-refractivity contribution in [3.63, 3.8) is 0 Å². The fourth-order valence-corrected chi connectivity index (χ4v) is 1.41. The topological polar surface area (TPSA) is 189 Å². The Morgan fingerprint density at radius 3 is 1.81 bits per heavy atom. The van der Waals surface area contributed by atoms with E-state index in [1.807, 2.05) is 4.98 Å². The van der Waals surface area contributed by atoms with Gasteiger partial charge in [-0.3, -0.25) is 34.3 Å². The van der Waals surface area contributed by atoms with Crippen molar-refractivity contribution in [1.82, 2.24) is 19.9 Å². The van der Waals surface area contributed by atoms with Gasteiger partial charge in [0.05, 0.1) is 0 Å². The summed E-state index contributed by atoms with van der Waals surface area (Å²) in [6.45, 7) is 1.52. The molecule has 0 aliphatic carbocycles. The standard InChI is InChI=1S/C5H4N4O3.C5H8O4/c10-3-1-2(7-4(11)6-1)8-5(12)9-3;1-2-3(4(6)7)5(8)9/h(H4,6,7,8,9,10,11,12);3H,2H2,1H3,(H,6,7)(H,8,9). The zero-order chi connectivity index (χ0) is 16.2. The second kappa shape index (κ2) is 6.36. The van der Waals surface area contributed by atoms with Crippen LogP contribution in [0.4, 0.5) is 0 Å². The minimum absolute atomic E-state index is 0.0413. The molecule has 0 fully saturated rings. The molecule has 0 saturated heterocycles. The number of H-pyrrole nitrogens is 4. The van der Waals surface area contributed by atoms with Crippen molar-refractivity contribution in [3.05, 3.63) is 31.3 Å². The highest BCUT2D eigenvalue weighted by molar-refractivity contribution is 5.92. The molecule has 11 nitrogen and oxygen atoms in total. The Bertz CT molecular complexity index is 810. The normalized spacial score (nSPS) is 10.2. The summed E-state index contributed by atoms with van der Waals surface area (Å²) in [6, 6.07) is 0. The Morgan fingerprint density at radius 2 is 1.43 bits per heavy atom. The van der Waals surface area contributed by atoms with Crippen molar-refractivity contribution in [1.29, 1.82) is 0 Å². The summed E-state index contributed by atoms with van der Waals surface area (Å²) >= 11 is 0. The lowest BCUT2D eigenvalue weighted by atomic mass is 10.1. The minimum atomic E-state index is -1.27. The molecule has 114 valence electrons. The largest absolute Gasteiger partial charge is 0.481 e. The molecule has 0 atom stereocenters. The van der Waals surface area contributed by atoms with Gasteiger partial charge in [-0.1, -0.05) is 6.92 Å². The van der Waals surface area contributed by atoms with Crippen LogP contribution in [0.2, 0.25) is 0 Å². The van der Waals surface area contributed by atoms with Crippen molar-refractivity contribution in [2.24, 2.45) is 5.92 Å². The van der Waals surface area contributed by atoms with Crippen LogP contribution in [0.5, 0.6) is 0 Å². The number of carboxylic acids is 2. The molecule has 11 heteroatoms. The fraction of sp³-hybridized carbons (Fsp3) is 0.300. The van der Waals surface area contributed by atoms with Crippen LogP contribution in [0, 0.1) is 5.92 Å². The highest BCUT2D eigenvalue weighted by Crippen LogP contribution is 2.01. The Morgan fingerprint density at radius 1 is 0.952 bits per heavy atom. The molecule has 0 aromatic carbocycles. The van der Waals surface area contributed by atoms with E-state index in [-0.39, 0.29) is 17.6 Å². The minimum Gasteiger partial charge on any atom is -0.481 e. The van der Waals surface area contributed by atoms with E-state index in [1.54, 1.807) is 0 Å². The van der Waals surface area contributed by atoms with Gasteiger partial charge in [0.15, 0.2) is 5.92 Å². The number of nitrogens with one attached hydrogen (secondary N) is 4. The second-order valence-electron chi connectivity index (χ2n) is 3.87. The van der Waals surface area contributed by atoms with Gasteiger partial charge in [-0.05, 0) is 6.42 Å². The number of aliphatic carboxylic acids is 2. The van der Waals surface area contributed by atoms with E-state index in [0.29, 0.717) is 0 Å². The lowest BCUT2D eigenvalue weighted by Gasteiger charge is -2.00. The third-order valence-electron chi connectivity index (χ3n) is 2.42. The second-order valence-corrected chi connectivity index (χ2v) is 3.87. The molecular weight excluding hydrogens is 288 g/mol. The number of hydrogen-bond acceptors (Lipinski definition) is 5. The van der Waals surface area contributed by atoms with E-state index in [2.05, 4.69) is 15.0 Å². The average Bonchev–Trinajstić information content (AvgIpc) is 2.70. The monoisotopic (exact) mass is 300 g/mol. The molecule has 0 aliphatic rings. The van der Waals surface area contributed by atoms with E-state index < -0.39 is 34.8 Å². The van der Waals surface area contributed by atoms with Gasteiger partial charge in [0, 0.05) is 0 Å². The maximum atomic E-state index is 10.9. The molecule has 21 heavy (non-hydrogen) atoms. The highest BCUT2D eigenvalue weighted by atomic mass is 16.4. The van der Waals surface area contributed by atoms with Crippen LogP contribution in [-0.4, -0.2) is 42.1 Å². The number of carbonyl (C=O) groups is 2.